The summed E-state index contributed by atoms with van der Waals surface area (Å²) in [5.41, 5.74) is -1.68. The van der Waals surface area contributed by atoms with Crippen LogP contribution in [0, 0.1) is 10.1 Å². The average Bonchev–Trinajstić information content (AvgIpc) is 2.78. The van der Waals surface area contributed by atoms with Crippen LogP contribution in [-0.4, -0.2) is 27.8 Å². The van der Waals surface area contributed by atoms with Gasteiger partial charge in [0.25, 0.3) is 17.5 Å². The molecule has 0 spiro atoms. The Hall–Kier alpha value is -3.75. The minimum absolute atomic E-state index is 0.148. The van der Waals surface area contributed by atoms with Crippen LogP contribution in [0.25, 0.3) is 0 Å². The minimum Gasteiger partial charge on any atom is -0.872 e. The predicted molar refractivity (Wildman–Crippen MR) is 77.1 cm³/mol. The standard InChI is InChI=1S/C15H8N2O7/c18-11-6-7(4-5-8(11)15(21)22)16-13(19)9-2-1-3-10(17(23)24)12(9)14(16)20/h1-6,18H,(H,21,22)/p-1. The van der Waals surface area contributed by atoms with Gasteiger partial charge in [0, 0.05) is 6.07 Å². The summed E-state index contributed by atoms with van der Waals surface area (Å²) in [6.07, 6.45) is 0. The maximum Gasteiger partial charge on any atom is 0.335 e. The van der Waals surface area contributed by atoms with Crippen molar-refractivity contribution in [1.29, 1.82) is 0 Å². The summed E-state index contributed by atoms with van der Waals surface area (Å²) >= 11 is 0. The van der Waals surface area contributed by atoms with Gasteiger partial charge >= 0.3 is 5.97 Å². The molecule has 9 nitrogen and oxygen atoms in total. The highest BCUT2D eigenvalue weighted by Crippen LogP contribution is 2.35. The van der Waals surface area contributed by atoms with Crippen LogP contribution in [0.3, 0.4) is 0 Å². The lowest BCUT2D eigenvalue weighted by Crippen LogP contribution is -2.29. The fraction of sp³-hybridized carbons (Fsp3) is 0. The first-order chi connectivity index (χ1) is 11.3. The van der Waals surface area contributed by atoms with Crippen molar-refractivity contribution in [2.45, 2.75) is 0 Å². The van der Waals surface area contributed by atoms with Gasteiger partial charge in [0.1, 0.15) is 5.56 Å². The predicted octanol–water partition coefficient (Wildman–Crippen LogP) is 1.17. The summed E-state index contributed by atoms with van der Waals surface area (Å²) in [6, 6.07) is 6.57. The number of nitro groups is 1. The molecule has 120 valence electrons. The zero-order valence-electron chi connectivity index (χ0n) is 11.8. The molecule has 2 aromatic carbocycles. The number of carbonyl (C=O) groups is 3. The smallest absolute Gasteiger partial charge is 0.335 e. The number of aromatic carboxylic acids is 1. The summed E-state index contributed by atoms with van der Waals surface area (Å²) in [6.45, 7) is 0. The number of hydrogen-bond donors (Lipinski definition) is 1. The number of rotatable bonds is 3. The monoisotopic (exact) mass is 327 g/mol. The number of carbonyl (C=O) groups excluding carboxylic acids is 2. The van der Waals surface area contributed by atoms with Crippen molar-refractivity contribution in [3.05, 3.63) is 63.2 Å². The highest BCUT2D eigenvalue weighted by atomic mass is 16.6. The van der Waals surface area contributed by atoms with E-state index in [1.807, 2.05) is 0 Å². The van der Waals surface area contributed by atoms with Crippen molar-refractivity contribution in [2.24, 2.45) is 0 Å². The summed E-state index contributed by atoms with van der Waals surface area (Å²) in [7, 11) is 0. The molecule has 0 aliphatic carbocycles. The Labute approximate surface area is 133 Å². The van der Waals surface area contributed by atoms with E-state index in [0.717, 1.165) is 24.3 Å². The molecular formula is C15H7N2O7-. The Bertz CT molecular complexity index is 935. The maximum atomic E-state index is 12.4. The summed E-state index contributed by atoms with van der Waals surface area (Å²) in [4.78, 5) is 46.6. The van der Waals surface area contributed by atoms with Gasteiger partial charge in [-0.3, -0.25) is 19.7 Å². The molecule has 24 heavy (non-hydrogen) atoms. The van der Waals surface area contributed by atoms with Gasteiger partial charge in [0.05, 0.1) is 21.7 Å². The summed E-state index contributed by atoms with van der Waals surface area (Å²) in [5.74, 6) is -4.08. The molecule has 3 rings (SSSR count). The van der Waals surface area contributed by atoms with Gasteiger partial charge in [-0.2, -0.15) is 0 Å². The van der Waals surface area contributed by atoms with E-state index in [0.29, 0.717) is 4.90 Å². The molecule has 0 unspecified atom stereocenters. The van der Waals surface area contributed by atoms with Crippen molar-refractivity contribution in [1.82, 2.24) is 0 Å². The van der Waals surface area contributed by atoms with Gasteiger partial charge in [-0.1, -0.05) is 11.8 Å². The molecular weight excluding hydrogens is 320 g/mol. The number of fused-ring (bicyclic) bond motifs is 1. The molecule has 0 aromatic heterocycles. The Morgan fingerprint density at radius 1 is 1.12 bits per heavy atom. The van der Waals surface area contributed by atoms with Crippen molar-refractivity contribution >= 4 is 29.2 Å². The van der Waals surface area contributed by atoms with E-state index in [-0.39, 0.29) is 16.8 Å². The lowest BCUT2D eigenvalue weighted by Gasteiger charge is -2.18. The van der Waals surface area contributed by atoms with Crippen molar-refractivity contribution < 1.29 is 29.5 Å². The van der Waals surface area contributed by atoms with Crippen molar-refractivity contribution in [2.75, 3.05) is 4.90 Å². The molecule has 1 N–H and O–H groups in total. The molecule has 0 radical (unpaired) electrons. The number of amides is 2. The molecule has 1 heterocycles. The molecule has 9 heteroatoms. The van der Waals surface area contributed by atoms with Crippen LogP contribution in [0.15, 0.2) is 36.4 Å². The third kappa shape index (κ3) is 2.07. The van der Waals surface area contributed by atoms with Gasteiger partial charge in [-0.05, 0) is 24.3 Å². The number of nitrogens with zero attached hydrogens (tertiary/aromatic N) is 2. The maximum absolute atomic E-state index is 12.4. The molecule has 0 saturated carbocycles. The Morgan fingerprint density at radius 2 is 1.83 bits per heavy atom. The highest BCUT2D eigenvalue weighted by Gasteiger charge is 2.41. The van der Waals surface area contributed by atoms with Gasteiger partial charge in [0.2, 0.25) is 0 Å². The number of benzene rings is 2. The van der Waals surface area contributed by atoms with Crippen molar-refractivity contribution in [3.8, 4) is 5.75 Å². The number of nitro benzene ring substituents is 1. The largest absolute Gasteiger partial charge is 0.872 e. The molecule has 0 fully saturated rings. The topological polar surface area (TPSA) is 141 Å². The van der Waals surface area contributed by atoms with E-state index in [9.17, 15) is 29.6 Å². The Balaban J connectivity index is 2.12. The highest BCUT2D eigenvalue weighted by molar-refractivity contribution is 6.35. The first-order valence-electron chi connectivity index (χ1n) is 6.53. The average molecular weight is 327 g/mol. The first-order valence-corrected chi connectivity index (χ1v) is 6.53. The second kappa shape index (κ2) is 5.16. The van der Waals surface area contributed by atoms with E-state index in [2.05, 4.69) is 0 Å². The van der Waals surface area contributed by atoms with Crippen LogP contribution in [0.2, 0.25) is 0 Å². The first kappa shape index (κ1) is 15.2. The van der Waals surface area contributed by atoms with E-state index in [1.165, 1.54) is 12.1 Å². The molecule has 1 aliphatic rings. The van der Waals surface area contributed by atoms with Crippen LogP contribution in [0.1, 0.15) is 31.1 Å². The lowest BCUT2D eigenvalue weighted by atomic mass is 10.1. The van der Waals surface area contributed by atoms with Gasteiger partial charge < -0.3 is 10.2 Å². The van der Waals surface area contributed by atoms with Crippen LogP contribution in [-0.2, 0) is 0 Å². The molecule has 2 amide bonds. The van der Waals surface area contributed by atoms with E-state index < -0.39 is 39.7 Å². The Kier molecular flexibility index (Phi) is 3.26. The van der Waals surface area contributed by atoms with Gasteiger partial charge in [0.15, 0.2) is 0 Å². The van der Waals surface area contributed by atoms with Crippen LogP contribution in [0.4, 0.5) is 11.4 Å². The van der Waals surface area contributed by atoms with Crippen LogP contribution in [0.5, 0.6) is 5.75 Å². The zero-order valence-corrected chi connectivity index (χ0v) is 11.8. The van der Waals surface area contributed by atoms with Gasteiger partial charge in [-0.25, -0.2) is 9.69 Å². The SMILES string of the molecule is O=C(O)c1ccc(N2C(=O)c3cccc([N+](=O)[O-])c3C2=O)cc1[O-]. The molecule has 0 atom stereocenters. The molecule has 1 aliphatic heterocycles. The minimum atomic E-state index is -1.44. The van der Waals surface area contributed by atoms with Crippen LogP contribution < -0.4 is 10.0 Å². The number of imide groups is 1. The summed E-state index contributed by atoms with van der Waals surface area (Å²) in [5, 5.41) is 31.6. The quantitative estimate of drug-likeness (QED) is 0.506. The van der Waals surface area contributed by atoms with Crippen LogP contribution >= 0.6 is 0 Å². The number of carboxylic acid groups (broad SMARTS) is 1. The Morgan fingerprint density at radius 3 is 2.42 bits per heavy atom. The second-order valence-electron chi connectivity index (χ2n) is 4.89. The normalized spacial score (nSPS) is 13.1. The third-order valence-electron chi connectivity index (χ3n) is 3.54. The lowest BCUT2D eigenvalue weighted by molar-refractivity contribution is -0.385. The second-order valence-corrected chi connectivity index (χ2v) is 4.89. The van der Waals surface area contributed by atoms with E-state index in [4.69, 9.17) is 5.11 Å². The fourth-order valence-corrected chi connectivity index (χ4v) is 2.48. The molecule has 0 bridgehead atoms. The number of anilines is 1. The van der Waals surface area contributed by atoms with Gasteiger partial charge in [-0.15, -0.1) is 0 Å². The van der Waals surface area contributed by atoms with E-state index in [1.54, 1.807) is 0 Å². The van der Waals surface area contributed by atoms with Crippen molar-refractivity contribution in [3.63, 3.8) is 0 Å². The molecule has 0 saturated heterocycles. The number of carboxylic acids is 1. The van der Waals surface area contributed by atoms with E-state index >= 15 is 0 Å². The fourth-order valence-electron chi connectivity index (χ4n) is 2.48. The summed E-state index contributed by atoms with van der Waals surface area (Å²) < 4.78 is 0. The number of hydrogen-bond acceptors (Lipinski definition) is 6. The molecule has 2 aromatic rings. The zero-order chi connectivity index (χ0) is 17.6. The third-order valence-corrected chi connectivity index (χ3v) is 3.54.